The molecule has 1 saturated heterocycles. The average Bonchev–Trinajstić information content (AvgIpc) is 3.29. The molecule has 1 unspecified atom stereocenters. The first kappa shape index (κ1) is 25.1. The highest BCUT2D eigenvalue weighted by Gasteiger charge is 2.36. The summed E-state index contributed by atoms with van der Waals surface area (Å²) in [6.07, 6.45) is 0.0242. The first-order chi connectivity index (χ1) is 17.3. The molecule has 1 aliphatic heterocycles. The predicted octanol–water partition coefficient (Wildman–Crippen LogP) is 4.46. The van der Waals surface area contributed by atoms with Gasteiger partial charge in [-0.25, -0.2) is 4.79 Å². The molecule has 0 aromatic heterocycles. The molecule has 8 nitrogen and oxygen atoms in total. The minimum Gasteiger partial charge on any atom is -0.497 e. The van der Waals surface area contributed by atoms with Crippen LogP contribution in [0, 0.1) is 5.92 Å². The number of amides is 1. The van der Waals surface area contributed by atoms with Crippen LogP contribution < -0.4 is 14.4 Å². The summed E-state index contributed by atoms with van der Waals surface area (Å²) in [4.78, 5) is 51.2. The molecule has 0 saturated carbocycles. The summed E-state index contributed by atoms with van der Waals surface area (Å²) in [5.74, 6) is -1.61. The summed E-state index contributed by atoms with van der Waals surface area (Å²) >= 11 is 3.35. The summed E-state index contributed by atoms with van der Waals surface area (Å²) in [5, 5.41) is 0. The Morgan fingerprint density at radius 3 is 2.36 bits per heavy atom. The van der Waals surface area contributed by atoms with E-state index in [1.165, 1.54) is 36.3 Å². The van der Waals surface area contributed by atoms with Gasteiger partial charge in [-0.3, -0.25) is 14.4 Å². The van der Waals surface area contributed by atoms with Crippen molar-refractivity contribution in [3.05, 3.63) is 88.4 Å². The standard InChI is InChI=1S/C27H22BrNO7/c1-34-23-4-2-3-18(13-23)27(33)36-22-11-5-17(6-12-22)24(30)16-35-26(32)19-14-25(31)29(15-19)21-9-7-20(28)8-10-21/h2-13,19H,14-16H2,1H3. The topological polar surface area (TPSA) is 99.2 Å². The highest BCUT2D eigenvalue weighted by molar-refractivity contribution is 9.10. The van der Waals surface area contributed by atoms with E-state index in [1.54, 1.807) is 36.4 Å². The zero-order valence-corrected chi connectivity index (χ0v) is 20.9. The molecule has 36 heavy (non-hydrogen) atoms. The first-order valence-corrected chi connectivity index (χ1v) is 11.9. The fourth-order valence-electron chi connectivity index (χ4n) is 3.70. The Labute approximate surface area is 215 Å². The maximum absolute atomic E-state index is 12.5. The van der Waals surface area contributed by atoms with Gasteiger partial charge in [-0.05, 0) is 66.7 Å². The second-order valence-corrected chi connectivity index (χ2v) is 8.97. The van der Waals surface area contributed by atoms with Crippen LogP contribution in [0.15, 0.2) is 77.3 Å². The van der Waals surface area contributed by atoms with Gasteiger partial charge in [0, 0.05) is 28.7 Å². The molecule has 0 spiro atoms. The molecule has 0 bridgehead atoms. The largest absolute Gasteiger partial charge is 0.497 e. The number of ketones is 1. The van der Waals surface area contributed by atoms with E-state index in [4.69, 9.17) is 14.2 Å². The number of hydrogen-bond donors (Lipinski definition) is 0. The second kappa shape index (κ2) is 11.2. The van der Waals surface area contributed by atoms with Crippen molar-refractivity contribution < 1.29 is 33.4 Å². The van der Waals surface area contributed by atoms with Crippen LogP contribution in [0.2, 0.25) is 0 Å². The fourth-order valence-corrected chi connectivity index (χ4v) is 3.96. The quantitative estimate of drug-likeness (QED) is 0.231. The average molecular weight is 552 g/mol. The summed E-state index contributed by atoms with van der Waals surface area (Å²) < 4.78 is 16.5. The molecule has 9 heteroatoms. The highest BCUT2D eigenvalue weighted by atomic mass is 79.9. The van der Waals surface area contributed by atoms with E-state index in [2.05, 4.69) is 15.9 Å². The van der Waals surface area contributed by atoms with Crippen molar-refractivity contribution in [3.8, 4) is 11.5 Å². The Hall–Kier alpha value is -3.98. The van der Waals surface area contributed by atoms with E-state index in [9.17, 15) is 19.2 Å². The van der Waals surface area contributed by atoms with Crippen LogP contribution in [-0.4, -0.2) is 43.9 Å². The lowest BCUT2D eigenvalue weighted by Gasteiger charge is -2.16. The zero-order valence-electron chi connectivity index (χ0n) is 19.3. The molecule has 184 valence electrons. The fraction of sp³-hybridized carbons (Fsp3) is 0.185. The second-order valence-electron chi connectivity index (χ2n) is 8.06. The van der Waals surface area contributed by atoms with Crippen molar-refractivity contribution in [1.82, 2.24) is 0 Å². The van der Waals surface area contributed by atoms with Crippen LogP contribution in [0.3, 0.4) is 0 Å². The molecule has 3 aromatic rings. The van der Waals surface area contributed by atoms with E-state index in [1.807, 2.05) is 12.1 Å². The molecule has 1 fully saturated rings. The molecule has 1 amide bonds. The lowest BCUT2D eigenvalue weighted by atomic mass is 10.1. The van der Waals surface area contributed by atoms with E-state index in [0.717, 1.165) is 4.47 Å². The first-order valence-electron chi connectivity index (χ1n) is 11.1. The molecule has 3 aromatic carbocycles. The molecule has 1 aliphatic rings. The Balaban J connectivity index is 1.29. The third-order valence-electron chi connectivity index (χ3n) is 5.63. The molecule has 4 rings (SSSR count). The van der Waals surface area contributed by atoms with Gasteiger partial charge in [-0.1, -0.05) is 22.0 Å². The number of hydrogen-bond acceptors (Lipinski definition) is 7. The van der Waals surface area contributed by atoms with E-state index < -0.39 is 30.2 Å². The van der Waals surface area contributed by atoms with Gasteiger partial charge in [0.15, 0.2) is 12.4 Å². The van der Waals surface area contributed by atoms with Gasteiger partial charge in [-0.2, -0.15) is 0 Å². The van der Waals surface area contributed by atoms with Crippen LogP contribution >= 0.6 is 15.9 Å². The zero-order chi connectivity index (χ0) is 25.7. The molecule has 1 heterocycles. The van der Waals surface area contributed by atoms with Crippen molar-refractivity contribution in [2.75, 3.05) is 25.2 Å². The lowest BCUT2D eigenvalue weighted by molar-refractivity contribution is -0.147. The Bertz CT molecular complexity index is 1290. The number of Topliss-reactive ketones (excluding diaryl/α,β-unsaturated/α-hetero) is 1. The minimum absolute atomic E-state index is 0.0242. The van der Waals surface area contributed by atoms with Gasteiger partial charge >= 0.3 is 11.9 Å². The van der Waals surface area contributed by atoms with Crippen LogP contribution in [0.25, 0.3) is 0 Å². The highest BCUT2D eigenvalue weighted by Crippen LogP contribution is 2.27. The van der Waals surface area contributed by atoms with E-state index in [-0.39, 0.29) is 24.6 Å². The normalized spacial score (nSPS) is 14.9. The van der Waals surface area contributed by atoms with Gasteiger partial charge in [0.05, 0.1) is 18.6 Å². The van der Waals surface area contributed by atoms with Gasteiger partial charge in [0.2, 0.25) is 5.91 Å². The molecule has 0 N–H and O–H groups in total. The predicted molar refractivity (Wildman–Crippen MR) is 134 cm³/mol. The van der Waals surface area contributed by atoms with Crippen LogP contribution in [0.4, 0.5) is 5.69 Å². The summed E-state index contributed by atoms with van der Waals surface area (Å²) in [6, 6.07) is 19.7. The van der Waals surface area contributed by atoms with Gasteiger partial charge in [0.25, 0.3) is 0 Å². The third kappa shape index (κ3) is 5.98. The monoisotopic (exact) mass is 551 g/mol. The van der Waals surface area contributed by atoms with Crippen LogP contribution in [-0.2, 0) is 14.3 Å². The molecular weight excluding hydrogens is 530 g/mol. The minimum atomic E-state index is -0.646. The Morgan fingerprint density at radius 1 is 0.944 bits per heavy atom. The number of carbonyl (C=O) groups excluding carboxylic acids is 4. The summed E-state index contributed by atoms with van der Waals surface area (Å²) in [5.41, 5.74) is 1.32. The maximum Gasteiger partial charge on any atom is 0.343 e. The smallest absolute Gasteiger partial charge is 0.343 e. The Morgan fingerprint density at radius 2 is 1.67 bits per heavy atom. The number of benzene rings is 3. The van der Waals surface area contributed by atoms with E-state index >= 15 is 0 Å². The molecule has 0 radical (unpaired) electrons. The van der Waals surface area contributed by atoms with Gasteiger partial charge in [0.1, 0.15) is 11.5 Å². The third-order valence-corrected chi connectivity index (χ3v) is 6.16. The van der Waals surface area contributed by atoms with Crippen molar-refractivity contribution in [1.29, 1.82) is 0 Å². The maximum atomic E-state index is 12.5. The lowest BCUT2D eigenvalue weighted by Crippen LogP contribution is -2.27. The molecule has 0 aliphatic carbocycles. The number of methoxy groups -OCH3 is 1. The SMILES string of the molecule is COc1cccc(C(=O)Oc2ccc(C(=O)COC(=O)C3CC(=O)N(c4ccc(Br)cc4)C3)cc2)c1. The van der Waals surface area contributed by atoms with Crippen molar-refractivity contribution in [3.63, 3.8) is 0 Å². The number of rotatable bonds is 8. The number of ether oxygens (including phenoxy) is 3. The number of carbonyl (C=O) groups is 4. The summed E-state index contributed by atoms with van der Waals surface area (Å²) in [6.45, 7) is -0.258. The number of anilines is 1. The number of halogens is 1. The van der Waals surface area contributed by atoms with Gasteiger partial charge in [-0.15, -0.1) is 0 Å². The Kier molecular flexibility index (Phi) is 7.80. The van der Waals surface area contributed by atoms with Crippen LogP contribution in [0.1, 0.15) is 27.1 Å². The van der Waals surface area contributed by atoms with Gasteiger partial charge < -0.3 is 19.1 Å². The van der Waals surface area contributed by atoms with E-state index in [0.29, 0.717) is 22.6 Å². The van der Waals surface area contributed by atoms with Crippen molar-refractivity contribution >= 4 is 45.2 Å². The number of esters is 2. The number of nitrogens with zero attached hydrogens (tertiary/aromatic N) is 1. The molecular formula is C27H22BrNO7. The van der Waals surface area contributed by atoms with Crippen molar-refractivity contribution in [2.45, 2.75) is 6.42 Å². The summed E-state index contributed by atoms with van der Waals surface area (Å²) in [7, 11) is 1.50. The van der Waals surface area contributed by atoms with Crippen LogP contribution in [0.5, 0.6) is 11.5 Å². The van der Waals surface area contributed by atoms with Crippen molar-refractivity contribution in [2.24, 2.45) is 5.92 Å². The molecule has 1 atom stereocenters.